The Morgan fingerprint density at radius 1 is 1.48 bits per heavy atom. The van der Waals surface area contributed by atoms with Crippen molar-refractivity contribution in [2.24, 2.45) is 0 Å². The highest BCUT2D eigenvalue weighted by Crippen LogP contribution is 2.30. The van der Waals surface area contributed by atoms with Gasteiger partial charge in [-0.1, -0.05) is 0 Å². The number of aromatic nitrogens is 1. The van der Waals surface area contributed by atoms with Crippen molar-refractivity contribution in [1.29, 1.82) is 0 Å². The summed E-state index contributed by atoms with van der Waals surface area (Å²) in [5.41, 5.74) is 0.442. The second-order valence-electron chi connectivity index (χ2n) is 5.46. The predicted octanol–water partition coefficient (Wildman–Crippen LogP) is 1.96. The van der Waals surface area contributed by atoms with Gasteiger partial charge in [-0.2, -0.15) is 0 Å². The first-order valence-electron chi connectivity index (χ1n) is 6.66. The van der Waals surface area contributed by atoms with Crippen LogP contribution in [0.5, 0.6) is 0 Å². The first-order valence-corrected chi connectivity index (χ1v) is 6.66. The topological polar surface area (TPSA) is 99.8 Å². The van der Waals surface area contributed by atoms with Crippen molar-refractivity contribution in [2.45, 2.75) is 25.3 Å². The fourth-order valence-electron chi connectivity index (χ4n) is 2.49. The van der Waals surface area contributed by atoms with E-state index in [1.807, 2.05) is 6.92 Å². The Morgan fingerprint density at radius 3 is 2.52 bits per heavy atom. The van der Waals surface area contributed by atoms with E-state index in [4.69, 9.17) is 5.11 Å². The van der Waals surface area contributed by atoms with Crippen molar-refractivity contribution in [3.8, 4) is 0 Å². The second kappa shape index (κ2) is 5.55. The molecule has 0 radical (unpaired) electrons. The van der Waals surface area contributed by atoms with Crippen LogP contribution in [0.1, 0.15) is 19.8 Å². The third kappa shape index (κ3) is 3.04. The molecule has 21 heavy (non-hydrogen) atoms. The number of anilines is 1. The van der Waals surface area contributed by atoms with Gasteiger partial charge in [-0.25, -0.2) is 4.79 Å². The number of amides is 1. The molecule has 0 bridgehead atoms. The minimum absolute atomic E-state index is 0.175. The molecule has 1 aliphatic heterocycles. The van der Waals surface area contributed by atoms with Gasteiger partial charge in [0.25, 0.3) is 0 Å². The summed E-state index contributed by atoms with van der Waals surface area (Å²) in [6.07, 6.45) is 1.96. The van der Waals surface area contributed by atoms with Gasteiger partial charge in [0.1, 0.15) is 0 Å². The van der Waals surface area contributed by atoms with Crippen molar-refractivity contribution < 1.29 is 14.8 Å². The van der Waals surface area contributed by atoms with E-state index < -0.39 is 11.0 Å². The monoisotopic (exact) mass is 294 g/mol. The second-order valence-corrected chi connectivity index (χ2v) is 5.46. The molecule has 1 aromatic rings. The molecule has 0 atom stereocenters. The average molecular weight is 294 g/mol. The lowest BCUT2D eigenvalue weighted by Gasteiger charge is -2.44. The zero-order valence-corrected chi connectivity index (χ0v) is 12.0. The van der Waals surface area contributed by atoms with Gasteiger partial charge in [0, 0.05) is 31.7 Å². The van der Waals surface area contributed by atoms with Crippen molar-refractivity contribution in [1.82, 2.24) is 9.88 Å². The summed E-state index contributed by atoms with van der Waals surface area (Å²) in [4.78, 5) is 28.4. The summed E-state index contributed by atoms with van der Waals surface area (Å²) in [5.74, 6) is -0.175. The fraction of sp³-hybridized carbons (Fsp3) is 0.538. The minimum atomic E-state index is -0.928. The maximum Gasteiger partial charge on any atom is 0.407 e. The number of nitro groups is 1. The number of hydrogen-bond acceptors (Lipinski definition) is 5. The molecule has 1 aliphatic rings. The molecule has 1 N–H and O–H groups in total. The number of piperidine rings is 1. The average Bonchev–Trinajstić information content (AvgIpc) is 2.47. The van der Waals surface area contributed by atoms with Crippen LogP contribution in [0.2, 0.25) is 0 Å². The Bertz CT molecular complexity index is 538. The van der Waals surface area contributed by atoms with Crippen LogP contribution in [0, 0.1) is 10.1 Å². The highest BCUT2D eigenvalue weighted by Gasteiger charge is 2.36. The lowest BCUT2D eigenvalue weighted by atomic mass is 9.88. The van der Waals surface area contributed by atoms with E-state index in [0.29, 0.717) is 25.9 Å². The molecule has 0 unspecified atom stereocenters. The summed E-state index contributed by atoms with van der Waals surface area (Å²) >= 11 is 0. The van der Waals surface area contributed by atoms with Gasteiger partial charge in [-0.05, 0) is 35.7 Å². The summed E-state index contributed by atoms with van der Waals surface area (Å²) in [6, 6.07) is 3.06. The van der Waals surface area contributed by atoms with E-state index >= 15 is 0 Å². The summed E-state index contributed by atoms with van der Waals surface area (Å²) in [6.45, 7) is 3.31. The van der Waals surface area contributed by atoms with E-state index in [1.54, 1.807) is 13.1 Å². The van der Waals surface area contributed by atoms with Gasteiger partial charge in [0.2, 0.25) is 0 Å². The zero-order chi connectivity index (χ0) is 15.6. The van der Waals surface area contributed by atoms with Crippen LogP contribution in [0.4, 0.5) is 16.3 Å². The molecule has 2 rings (SSSR count). The molecule has 1 fully saturated rings. The molecule has 2 heterocycles. The van der Waals surface area contributed by atoms with Crippen molar-refractivity contribution in [2.75, 3.05) is 25.0 Å². The maximum absolute atomic E-state index is 11.1. The Hall–Kier alpha value is -2.38. The van der Waals surface area contributed by atoms with Gasteiger partial charge >= 0.3 is 11.9 Å². The molecule has 0 saturated carbocycles. The first-order chi connectivity index (χ1) is 9.83. The fourth-order valence-corrected chi connectivity index (χ4v) is 2.49. The molecule has 8 heteroatoms. The molecule has 1 amide bonds. The number of carbonyl (C=O) groups is 1. The third-order valence-electron chi connectivity index (χ3n) is 4.22. The molecular weight excluding hydrogens is 276 g/mol. The van der Waals surface area contributed by atoms with Crippen LogP contribution in [0.3, 0.4) is 0 Å². The smallest absolute Gasteiger partial charge is 0.407 e. The third-order valence-corrected chi connectivity index (χ3v) is 4.22. The quantitative estimate of drug-likeness (QED) is 0.675. The standard InChI is InChI=1S/C13H18N4O4/c1-13(15(2)12(18)19)5-7-16(8-6-13)10-3-4-11(14-9-10)17(20)21/h3-4,9H,5-8H2,1-2H3,(H,18,19). The minimum Gasteiger partial charge on any atom is -0.465 e. The molecule has 0 spiro atoms. The van der Waals surface area contributed by atoms with Crippen molar-refractivity contribution in [3.63, 3.8) is 0 Å². The number of nitrogens with zero attached hydrogens (tertiary/aromatic N) is 4. The van der Waals surface area contributed by atoms with E-state index in [2.05, 4.69) is 9.88 Å². The van der Waals surface area contributed by atoms with Gasteiger partial charge in [0.15, 0.2) is 6.20 Å². The van der Waals surface area contributed by atoms with Crippen molar-refractivity contribution >= 4 is 17.6 Å². The van der Waals surface area contributed by atoms with Gasteiger partial charge in [-0.15, -0.1) is 0 Å². The van der Waals surface area contributed by atoms with Crippen LogP contribution >= 0.6 is 0 Å². The molecule has 8 nitrogen and oxygen atoms in total. The predicted molar refractivity (Wildman–Crippen MR) is 76.5 cm³/mol. The highest BCUT2D eigenvalue weighted by molar-refractivity contribution is 5.65. The van der Waals surface area contributed by atoms with Gasteiger partial charge in [-0.3, -0.25) is 0 Å². The van der Waals surface area contributed by atoms with Crippen molar-refractivity contribution in [3.05, 3.63) is 28.4 Å². The zero-order valence-electron chi connectivity index (χ0n) is 12.0. The molecule has 1 aromatic heterocycles. The Labute approximate surface area is 122 Å². The van der Waals surface area contributed by atoms with Crippen LogP contribution in [0.15, 0.2) is 18.3 Å². The van der Waals surface area contributed by atoms with Gasteiger partial charge in [0.05, 0.1) is 5.69 Å². The molecule has 114 valence electrons. The van der Waals surface area contributed by atoms with Crippen LogP contribution in [-0.2, 0) is 0 Å². The maximum atomic E-state index is 11.1. The van der Waals surface area contributed by atoms with E-state index in [0.717, 1.165) is 5.69 Å². The van der Waals surface area contributed by atoms with Crippen LogP contribution < -0.4 is 4.90 Å². The molecule has 0 aromatic carbocycles. The van der Waals surface area contributed by atoms with E-state index in [1.165, 1.54) is 17.2 Å². The van der Waals surface area contributed by atoms with E-state index in [-0.39, 0.29) is 11.4 Å². The highest BCUT2D eigenvalue weighted by atomic mass is 16.6. The lowest BCUT2D eigenvalue weighted by molar-refractivity contribution is -0.389. The first kappa shape index (κ1) is 15.0. The molecular formula is C13H18N4O4. The lowest BCUT2D eigenvalue weighted by Crippen LogP contribution is -2.53. The summed E-state index contributed by atoms with van der Waals surface area (Å²) < 4.78 is 0. The number of rotatable bonds is 3. The Morgan fingerprint density at radius 2 is 2.10 bits per heavy atom. The Balaban J connectivity index is 2.03. The van der Waals surface area contributed by atoms with Gasteiger partial charge < -0.3 is 25.0 Å². The molecule has 0 aliphatic carbocycles. The summed E-state index contributed by atoms with van der Waals surface area (Å²) in [7, 11) is 1.59. The number of carboxylic acid groups (broad SMARTS) is 1. The van der Waals surface area contributed by atoms with Crippen LogP contribution in [0.25, 0.3) is 0 Å². The van der Waals surface area contributed by atoms with Crippen LogP contribution in [-0.4, -0.2) is 51.7 Å². The van der Waals surface area contributed by atoms with E-state index in [9.17, 15) is 14.9 Å². The summed E-state index contributed by atoms with van der Waals surface area (Å²) in [5, 5.41) is 19.7. The number of hydrogen-bond donors (Lipinski definition) is 1. The molecule has 1 saturated heterocycles. The normalized spacial score (nSPS) is 17.3. The Kier molecular flexibility index (Phi) is 3.97. The number of pyridine rings is 1. The SMILES string of the molecule is CN(C(=O)O)C1(C)CCN(c2ccc([N+](=O)[O-])nc2)CC1. The largest absolute Gasteiger partial charge is 0.465 e.